The number of carbonyl (C=O) groups is 2. The van der Waals surface area contributed by atoms with Crippen molar-refractivity contribution >= 4 is 40.7 Å². The summed E-state index contributed by atoms with van der Waals surface area (Å²) in [5, 5.41) is 12.2. The van der Waals surface area contributed by atoms with Gasteiger partial charge in [-0.2, -0.15) is 16.9 Å². The highest BCUT2D eigenvalue weighted by atomic mass is 32.2. The zero-order valence-electron chi connectivity index (χ0n) is 15.5. The second kappa shape index (κ2) is 8.79. The largest absolute Gasteiger partial charge is 0.350 e. The van der Waals surface area contributed by atoms with Gasteiger partial charge in [-0.05, 0) is 29.1 Å². The van der Waals surface area contributed by atoms with Crippen molar-refractivity contribution in [3.63, 3.8) is 0 Å². The molecule has 29 heavy (non-hydrogen) atoms. The molecule has 2 N–H and O–H groups in total. The number of thioether (sulfide) groups is 1. The Morgan fingerprint density at radius 3 is 2.72 bits per heavy atom. The molecular formula is C20H19FN4O2S2. The van der Waals surface area contributed by atoms with Gasteiger partial charge in [0.1, 0.15) is 18.2 Å². The summed E-state index contributed by atoms with van der Waals surface area (Å²) >= 11 is 3.27. The Morgan fingerprint density at radius 1 is 1.14 bits per heavy atom. The predicted molar refractivity (Wildman–Crippen MR) is 112 cm³/mol. The molecule has 9 heteroatoms. The number of benzene rings is 1. The molecular weight excluding hydrogens is 411 g/mol. The van der Waals surface area contributed by atoms with E-state index >= 15 is 0 Å². The molecule has 0 radical (unpaired) electrons. The maximum absolute atomic E-state index is 13.0. The Bertz CT molecular complexity index is 1020. The third-order valence-electron chi connectivity index (χ3n) is 4.49. The summed E-state index contributed by atoms with van der Waals surface area (Å²) in [5.41, 5.74) is 2.71. The van der Waals surface area contributed by atoms with E-state index in [9.17, 15) is 14.0 Å². The highest BCUT2D eigenvalue weighted by Crippen LogP contribution is 2.34. The van der Waals surface area contributed by atoms with Crippen molar-refractivity contribution in [2.45, 2.75) is 31.0 Å². The van der Waals surface area contributed by atoms with E-state index in [0.717, 1.165) is 33.2 Å². The highest BCUT2D eigenvalue weighted by Gasteiger charge is 2.25. The van der Waals surface area contributed by atoms with Gasteiger partial charge in [-0.25, -0.2) is 9.07 Å². The van der Waals surface area contributed by atoms with Gasteiger partial charge in [-0.1, -0.05) is 18.2 Å². The first kappa shape index (κ1) is 19.7. The molecule has 4 rings (SSSR count). The SMILES string of the molecule is O=C(Cn1nc2c(c1NC(=O)Cc1cccs1)CSC2)NCc1ccc(F)cc1. The number of rotatable bonds is 7. The molecule has 0 atom stereocenters. The van der Waals surface area contributed by atoms with Crippen molar-refractivity contribution < 1.29 is 14.0 Å². The number of amides is 2. The summed E-state index contributed by atoms with van der Waals surface area (Å²) in [6.45, 7) is 0.309. The highest BCUT2D eigenvalue weighted by molar-refractivity contribution is 7.98. The van der Waals surface area contributed by atoms with E-state index in [2.05, 4.69) is 15.7 Å². The molecule has 0 saturated carbocycles. The van der Waals surface area contributed by atoms with E-state index in [1.165, 1.54) is 23.5 Å². The first-order chi connectivity index (χ1) is 14.1. The third kappa shape index (κ3) is 4.86. The Labute approximate surface area is 175 Å². The van der Waals surface area contributed by atoms with E-state index in [-0.39, 0.29) is 24.2 Å². The Morgan fingerprint density at radius 2 is 1.97 bits per heavy atom. The second-order valence-electron chi connectivity index (χ2n) is 6.63. The van der Waals surface area contributed by atoms with E-state index in [1.807, 2.05) is 17.5 Å². The van der Waals surface area contributed by atoms with E-state index in [1.54, 1.807) is 28.6 Å². The molecule has 0 aliphatic carbocycles. The van der Waals surface area contributed by atoms with Crippen LogP contribution in [0.4, 0.5) is 10.2 Å². The maximum atomic E-state index is 13.0. The fourth-order valence-electron chi connectivity index (χ4n) is 3.06. The molecule has 1 aromatic carbocycles. The zero-order valence-corrected chi connectivity index (χ0v) is 17.1. The lowest BCUT2D eigenvalue weighted by Gasteiger charge is -2.11. The molecule has 6 nitrogen and oxygen atoms in total. The fourth-order valence-corrected chi connectivity index (χ4v) is 4.80. The van der Waals surface area contributed by atoms with Gasteiger partial charge in [0.05, 0.1) is 12.1 Å². The van der Waals surface area contributed by atoms with Gasteiger partial charge in [-0.15, -0.1) is 11.3 Å². The van der Waals surface area contributed by atoms with Gasteiger partial charge < -0.3 is 10.6 Å². The van der Waals surface area contributed by atoms with Crippen molar-refractivity contribution in [2.75, 3.05) is 5.32 Å². The number of aromatic nitrogens is 2. The molecule has 3 aromatic rings. The number of nitrogens with zero attached hydrogens (tertiary/aromatic N) is 2. The van der Waals surface area contributed by atoms with Crippen molar-refractivity contribution in [1.82, 2.24) is 15.1 Å². The molecule has 0 fully saturated rings. The average molecular weight is 431 g/mol. The molecule has 1 aliphatic heterocycles. The van der Waals surface area contributed by atoms with Crippen molar-refractivity contribution in [1.29, 1.82) is 0 Å². The molecule has 0 spiro atoms. The second-order valence-corrected chi connectivity index (χ2v) is 8.65. The summed E-state index contributed by atoms with van der Waals surface area (Å²) < 4.78 is 14.6. The number of nitrogens with one attached hydrogen (secondary N) is 2. The van der Waals surface area contributed by atoms with Crippen LogP contribution in [-0.2, 0) is 40.6 Å². The minimum Gasteiger partial charge on any atom is -0.350 e. The quantitative estimate of drug-likeness (QED) is 0.603. The van der Waals surface area contributed by atoms with Crippen molar-refractivity contribution in [3.05, 3.63) is 69.3 Å². The molecule has 150 valence electrons. The smallest absolute Gasteiger partial charge is 0.242 e. The molecule has 2 aromatic heterocycles. The molecule has 2 amide bonds. The number of fused-ring (bicyclic) bond motifs is 1. The fraction of sp³-hybridized carbons (Fsp3) is 0.250. The van der Waals surface area contributed by atoms with Crippen LogP contribution in [0.25, 0.3) is 0 Å². The minimum absolute atomic E-state index is 0.00742. The number of anilines is 1. The van der Waals surface area contributed by atoms with Crippen LogP contribution in [0.2, 0.25) is 0 Å². The third-order valence-corrected chi connectivity index (χ3v) is 6.33. The number of hydrogen-bond donors (Lipinski definition) is 2. The van der Waals surface area contributed by atoms with E-state index in [0.29, 0.717) is 18.8 Å². The van der Waals surface area contributed by atoms with Crippen LogP contribution in [0.5, 0.6) is 0 Å². The van der Waals surface area contributed by atoms with E-state index in [4.69, 9.17) is 0 Å². The minimum atomic E-state index is -0.313. The van der Waals surface area contributed by atoms with Gasteiger partial charge in [0, 0.05) is 28.5 Å². The van der Waals surface area contributed by atoms with Crippen LogP contribution in [0.3, 0.4) is 0 Å². The summed E-state index contributed by atoms with van der Waals surface area (Å²) in [5.74, 6) is 1.47. The molecule has 0 saturated heterocycles. The summed E-state index contributed by atoms with van der Waals surface area (Å²) in [7, 11) is 0. The van der Waals surface area contributed by atoms with Crippen LogP contribution in [-0.4, -0.2) is 21.6 Å². The summed E-state index contributed by atoms with van der Waals surface area (Å²) in [4.78, 5) is 25.9. The van der Waals surface area contributed by atoms with Crippen LogP contribution in [0.1, 0.15) is 21.7 Å². The topological polar surface area (TPSA) is 76.0 Å². The van der Waals surface area contributed by atoms with Gasteiger partial charge in [0.15, 0.2) is 0 Å². The van der Waals surface area contributed by atoms with Crippen LogP contribution >= 0.6 is 23.1 Å². The van der Waals surface area contributed by atoms with Crippen LogP contribution < -0.4 is 10.6 Å². The van der Waals surface area contributed by atoms with Crippen LogP contribution in [0, 0.1) is 5.82 Å². The van der Waals surface area contributed by atoms with Gasteiger partial charge in [0.2, 0.25) is 11.8 Å². The standard InChI is InChI=1S/C20H19FN4O2S2/c21-14-5-3-13(4-6-14)9-22-19(27)10-25-20(16-11-28-12-17(16)24-25)23-18(26)8-15-2-1-7-29-15/h1-7H,8-12H2,(H,22,27)(H,23,26). The Hall–Kier alpha value is -2.65. The number of carbonyl (C=O) groups excluding carboxylic acids is 2. The van der Waals surface area contributed by atoms with Gasteiger partial charge in [-0.3, -0.25) is 9.59 Å². The average Bonchev–Trinajstić information content (AvgIpc) is 3.42. The van der Waals surface area contributed by atoms with E-state index < -0.39 is 0 Å². The number of thiophene rings is 1. The summed E-state index contributed by atoms with van der Waals surface area (Å²) in [6, 6.07) is 9.82. The van der Waals surface area contributed by atoms with Crippen molar-refractivity contribution in [2.24, 2.45) is 0 Å². The lowest BCUT2D eigenvalue weighted by atomic mass is 10.2. The number of halogens is 1. The molecule has 0 bridgehead atoms. The first-order valence-electron chi connectivity index (χ1n) is 9.08. The predicted octanol–water partition coefficient (Wildman–Crippen LogP) is 3.33. The monoisotopic (exact) mass is 430 g/mol. The maximum Gasteiger partial charge on any atom is 0.242 e. The van der Waals surface area contributed by atoms with Gasteiger partial charge in [0.25, 0.3) is 0 Å². The number of hydrogen-bond acceptors (Lipinski definition) is 5. The Kier molecular flexibility index (Phi) is 5.96. The van der Waals surface area contributed by atoms with Crippen molar-refractivity contribution in [3.8, 4) is 0 Å². The van der Waals surface area contributed by atoms with Gasteiger partial charge >= 0.3 is 0 Å². The molecule has 3 heterocycles. The lowest BCUT2D eigenvalue weighted by molar-refractivity contribution is -0.122. The Balaban J connectivity index is 1.42. The normalized spacial score (nSPS) is 12.6. The molecule has 1 aliphatic rings. The van der Waals surface area contributed by atoms with Crippen LogP contribution in [0.15, 0.2) is 41.8 Å². The lowest BCUT2D eigenvalue weighted by Crippen LogP contribution is -2.29. The zero-order chi connectivity index (χ0) is 20.2. The summed E-state index contributed by atoms with van der Waals surface area (Å²) in [6.07, 6.45) is 0.293. The molecule has 0 unspecified atom stereocenters. The first-order valence-corrected chi connectivity index (χ1v) is 11.1.